The van der Waals surface area contributed by atoms with Crippen LogP contribution in [0.1, 0.15) is 52.0 Å². The highest BCUT2D eigenvalue weighted by Gasteiger charge is 2.05. The van der Waals surface area contributed by atoms with Crippen LogP contribution >= 0.6 is 11.6 Å². The minimum Gasteiger partial charge on any atom is -0.494 e. The average Bonchev–Trinajstić information content (AvgIpc) is 2.46. The summed E-state index contributed by atoms with van der Waals surface area (Å²) in [4.78, 5) is 0. The Bertz CT molecular complexity index is 429. The maximum atomic E-state index is 8.59. The third kappa shape index (κ3) is 7.37. The fraction of sp³-hybridized carbons (Fsp3) is 0.588. The monoisotopic (exact) mass is 311 g/mol. The molecule has 1 atom stereocenters. The van der Waals surface area contributed by atoms with E-state index >= 15 is 0 Å². The molecule has 4 heteroatoms. The molecular formula is C17H26ClNO2. The van der Waals surface area contributed by atoms with Crippen LogP contribution in [0.3, 0.4) is 0 Å². The maximum absolute atomic E-state index is 8.59. The van der Waals surface area contributed by atoms with E-state index in [-0.39, 0.29) is 5.17 Å². The Morgan fingerprint density at radius 3 is 2.38 bits per heavy atom. The summed E-state index contributed by atoms with van der Waals surface area (Å²) in [6.45, 7) is 7.55. The van der Waals surface area contributed by atoms with E-state index in [1.54, 1.807) is 12.1 Å². The highest BCUT2D eigenvalue weighted by atomic mass is 35.5. The van der Waals surface area contributed by atoms with Crippen molar-refractivity contribution in [1.82, 2.24) is 0 Å². The van der Waals surface area contributed by atoms with Gasteiger partial charge in [0.05, 0.1) is 6.61 Å². The fourth-order valence-electron chi connectivity index (χ4n) is 2.14. The van der Waals surface area contributed by atoms with Gasteiger partial charge in [-0.05, 0) is 42.5 Å². The minimum absolute atomic E-state index is 0.0836. The third-order valence-electron chi connectivity index (χ3n) is 3.54. The minimum atomic E-state index is 0.0836. The van der Waals surface area contributed by atoms with E-state index < -0.39 is 0 Å². The maximum Gasteiger partial charge on any atom is 0.175 e. The summed E-state index contributed by atoms with van der Waals surface area (Å²) in [5.41, 5.74) is 0.675. The van der Waals surface area contributed by atoms with Gasteiger partial charge in [-0.1, -0.05) is 56.8 Å². The lowest BCUT2D eigenvalue weighted by Crippen LogP contribution is -2.05. The van der Waals surface area contributed by atoms with Crippen molar-refractivity contribution in [3.05, 3.63) is 29.8 Å². The Kier molecular flexibility index (Phi) is 8.21. The summed E-state index contributed by atoms with van der Waals surface area (Å²) >= 11 is 5.72. The van der Waals surface area contributed by atoms with Gasteiger partial charge in [0.25, 0.3) is 0 Å². The molecule has 0 aromatic heterocycles. The molecule has 1 aromatic carbocycles. The van der Waals surface area contributed by atoms with Gasteiger partial charge in [0, 0.05) is 5.56 Å². The van der Waals surface area contributed by atoms with Crippen LogP contribution in [-0.2, 0) is 0 Å². The van der Waals surface area contributed by atoms with Crippen LogP contribution in [0.5, 0.6) is 5.75 Å². The van der Waals surface area contributed by atoms with Crippen molar-refractivity contribution in [2.75, 3.05) is 6.61 Å². The summed E-state index contributed by atoms with van der Waals surface area (Å²) in [6.07, 6.45) is 4.94. The van der Waals surface area contributed by atoms with Crippen molar-refractivity contribution in [1.29, 1.82) is 0 Å². The Labute approximate surface area is 133 Å². The molecule has 1 aromatic rings. The van der Waals surface area contributed by atoms with Crippen LogP contribution in [-0.4, -0.2) is 17.0 Å². The van der Waals surface area contributed by atoms with Crippen LogP contribution in [0.25, 0.3) is 0 Å². The normalized spacial score (nSPS) is 13.5. The molecule has 0 saturated carbocycles. The highest BCUT2D eigenvalue weighted by molar-refractivity contribution is 6.69. The first-order valence-corrected chi connectivity index (χ1v) is 8.01. The van der Waals surface area contributed by atoms with E-state index in [4.69, 9.17) is 21.5 Å². The average molecular weight is 312 g/mol. The van der Waals surface area contributed by atoms with E-state index in [2.05, 4.69) is 25.9 Å². The second-order valence-corrected chi connectivity index (χ2v) is 6.34. The Morgan fingerprint density at radius 2 is 1.81 bits per heavy atom. The first-order chi connectivity index (χ1) is 10.0. The number of ether oxygens (including phenoxy) is 1. The van der Waals surface area contributed by atoms with Crippen LogP contribution in [0.2, 0.25) is 0 Å². The predicted octanol–water partition coefficient (Wildman–Crippen LogP) is 5.29. The molecule has 1 N–H and O–H groups in total. The summed E-state index contributed by atoms with van der Waals surface area (Å²) in [5.74, 6) is 2.30. The van der Waals surface area contributed by atoms with Crippen LogP contribution in [0.4, 0.5) is 0 Å². The molecule has 0 unspecified atom stereocenters. The highest BCUT2D eigenvalue weighted by Crippen LogP contribution is 2.17. The number of oxime groups is 1. The molecule has 21 heavy (non-hydrogen) atoms. The zero-order valence-corrected chi connectivity index (χ0v) is 13.9. The summed E-state index contributed by atoms with van der Waals surface area (Å²) in [5, 5.41) is 11.6. The quantitative estimate of drug-likeness (QED) is 0.382. The SMILES string of the molecule is CC(C)CCC[C@@H](C)CCOc1ccc(/C(Cl)=N\O)cc1. The molecule has 118 valence electrons. The lowest BCUT2D eigenvalue weighted by molar-refractivity contribution is 0.275. The van der Waals surface area contributed by atoms with Crippen molar-refractivity contribution >= 4 is 16.8 Å². The van der Waals surface area contributed by atoms with E-state index in [0.717, 1.165) is 24.7 Å². The van der Waals surface area contributed by atoms with Gasteiger partial charge in [0.15, 0.2) is 5.17 Å². The van der Waals surface area contributed by atoms with Crippen LogP contribution in [0.15, 0.2) is 29.4 Å². The second kappa shape index (κ2) is 9.67. The molecule has 0 saturated heterocycles. The first kappa shape index (κ1) is 17.8. The van der Waals surface area contributed by atoms with E-state index in [1.807, 2.05) is 12.1 Å². The fourth-order valence-corrected chi connectivity index (χ4v) is 2.27. The number of hydrogen-bond acceptors (Lipinski definition) is 3. The Morgan fingerprint density at radius 1 is 1.14 bits per heavy atom. The smallest absolute Gasteiger partial charge is 0.175 e. The van der Waals surface area contributed by atoms with Crippen LogP contribution < -0.4 is 4.74 Å². The van der Waals surface area contributed by atoms with E-state index in [0.29, 0.717) is 11.5 Å². The van der Waals surface area contributed by atoms with Gasteiger partial charge in [0.1, 0.15) is 5.75 Å². The van der Waals surface area contributed by atoms with E-state index in [1.165, 1.54) is 19.3 Å². The lowest BCUT2D eigenvalue weighted by atomic mass is 9.98. The second-order valence-electron chi connectivity index (χ2n) is 5.98. The molecule has 3 nitrogen and oxygen atoms in total. The summed E-state index contributed by atoms with van der Waals surface area (Å²) in [6, 6.07) is 7.24. The standard InChI is InChI=1S/C17H26ClNO2/c1-13(2)5-4-6-14(3)11-12-21-16-9-7-15(8-10-16)17(18)19-20/h7-10,13-14,20H,4-6,11-12H2,1-3H3/b19-17+/t14-/m1/s1. The number of rotatable bonds is 9. The third-order valence-corrected chi connectivity index (χ3v) is 3.83. The van der Waals surface area contributed by atoms with Crippen molar-refractivity contribution in [3.8, 4) is 5.75 Å². The molecule has 0 spiro atoms. The van der Waals surface area contributed by atoms with Crippen molar-refractivity contribution < 1.29 is 9.94 Å². The predicted molar refractivity (Wildman–Crippen MR) is 88.6 cm³/mol. The van der Waals surface area contributed by atoms with Crippen molar-refractivity contribution in [2.24, 2.45) is 17.0 Å². The zero-order valence-electron chi connectivity index (χ0n) is 13.2. The van der Waals surface area contributed by atoms with Crippen LogP contribution in [0, 0.1) is 11.8 Å². The largest absolute Gasteiger partial charge is 0.494 e. The molecule has 0 heterocycles. The molecule has 0 amide bonds. The number of nitrogens with zero attached hydrogens (tertiary/aromatic N) is 1. The first-order valence-electron chi connectivity index (χ1n) is 7.63. The number of halogens is 1. The summed E-state index contributed by atoms with van der Waals surface area (Å²) < 4.78 is 5.73. The van der Waals surface area contributed by atoms with Gasteiger partial charge < -0.3 is 9.94 Å². The lowest BCUT2D eigenvalue weighted by Gasteiger charge is -2.13. The van der Waals surface area contributed by atoms with Crippen molar-refractivity contribution in [3.63, 3.8) is 0 Å². The molecule has 0 aliphatic heterocycles. The Balaban J connectivity index is 2.26. The number of hydrogen-bond donors (Lipinski definition) is 1. The molecule has 0 fully saturated rings. The zero-order chi connectivity index (χ0) is 15.7. The molecular weight excluding hydrogens is 286 g/mol. The molecule has 0 aliphatic rings. The topological polar surface area (TPSA) is 41.8 Å². The van der Waals surface area contributed by atoms with Gasteiger partial charge in [0.2, 0.25) is 0 Å². The van der Waals surface area contributed by atoms with Gasteiger partial charge in [-0.2, -0.15) is 0 Å². The summed E-state index contributed by atoms with van der Waals surface area (Å²) in [7, 11) is 0. The molecule has 1 rings (SSSR count). The Hall–Kier alpha value is -1.22. The molecule has 0 bridgehead atoms. The van der Waals surface area contributed by atoms with Crippen molar-refractivity contribution in [2.45, 2.75) is 46.5 Å². The van der Waals surface area contributed by atoms with Gasteiger partial charge in [-0.15, -0.1) is 0 Å². The van der Waals surface area contributed by atoms with Gasteiger partial charge in [-0.25, -0.2) is 0 Å². The van der Waals surface area contributed by atoms with Gasteiger partial charge >= 0.3 is 0 Å². The van der Waals surface area contributed by atoms with E-state index in [9.17, 15) is 0 Å². The van der Waals surface area contributed by atoms with Gasteiger partial charge in [-0.3, -0.25) is 0 Å². The molecule has 0 aliphatic carbocycles. The molecule has 0 radical (unpaired) electrons. The number of benzene rings is 1.